The van der Waals surface area contributed by atoms with Gasteiger partial charge in [0.1, 0.15) is 5.58 Å². The van der Waals surface area contributed by atoms with Gasteiger partial charge < -0.3 is 14.2 Å². The van der Waals surface area contributed by atoms with E-state index in [2.05, 4.69) is 291 Å². The van der Waals surface area contributed by atoms with Gasteiger partial charge in [-0.15, -0.1) is 11.3 Å². The number of rotatable bonds is 8. The first-order valence-electron chi connectivity index (χ1n) is 27.2. The molecule has 4 heteroatoms. The summed E-state index contributed by atoms with van der Waals surface area (Å²) in [7, 11) is 0. The first-order valence-corrected chi connectivity index (χ1v) is 28.0. The lowest BCUT2D eigenvalue weighted by Gasteiger charge is -2.31. The van der Waals surface area contributed by atoms with Crippen LogP contribution in [0.15, 0.2) is 271 Å². The molecule has 79 heavy (non-hydrogen) atoms. The molecule has 3 nitrogen and oxygen atoms in total. The molecule has 0 aliphatic heterocycles. The zero-order valence-corrected chi connectivity index (χ0v) is 44.4. The smallest absolute Gasteiger partial charge is 0.160 e. The summed E-state index contributed by atoms with van der Waals surface area (Å²) in [6.45, 7) is 4.72. The highest BCUT2D eigenvalue weighted by atomic mass is 32.1. The van der Waals surface area contributed by atoms with E-state index in [1.807, 2.05) is 11.3 Å². The molecule has 0 unspecified atom stereocenters. The topological polar surface area (TPSA) is 19.6 Å². The van der Waals surface area contributed by atoms with Gasteiger partial charge in [-0.25, -0.2) is 0 Å². The van der Waals surface area contributed by atoms with Gasteiger partial charge in [0.2, 0.25) is 0 Å². The zero-order valence-electron chi connectivity index (χ0n) is 43.6. The maximum atomic E-state index is 7.54. The fraction of sp³-hybridized carbons (Fsp3) is 0.0400. The highest BCUT2D eigenvalue weighted by Gasteiger charge is 2.36. The first-order chi connectivity index (χ1) is 38.9. The molecule has 0 atom stereocenters. The summed E-state index contributed by atoms with van der Waals surface area (Å²) in [6.07, 6.45) is 0. The van der Waals surface area contributed by atoms with Crippen LogP contribution in [0.5, 0.6) is 0 Å². The Morgan fingerprint density at radius 3 is 1.70 bits per heavy atom. The molecule has 0 fully saturated rings. The minimum absolute atomic E-state index is 0.171. The van der Waals surface area contributed by atoms with Crippen LogP contribution in [-0.4, -0.2) is 0 Å². The summed E-state index contributed by atoms with van der Waals surface area (Å²) in [4.78, 5) is 4.84. The number of nitrogens with zero attached hydrogens (tertiary/aromatic N) is 2. The van der Waals surface area contributed by atoms with E-state index in [0.29, 0.717) is 0 Å². The molecule has 13 aromatic carbocycles. The Morgan fingerprint density at radius 2 is 0.899 bits per heavy atom. The Labute approximate surface area is 462 Å². The Morgan fingerprint density at radius 1 is 0.342 bits per heavy atom. The first kappa shape index (κ1) is 45.5. The number of fused-ring (bicyclic) bond motifs is 14. The van der Waals surface area contributed by atoms with E-state index in [9.17, 15) is 0 Å². The van der Waals surface area contributed by atoms with E-state index in [1.165, 1.54) is 75.3 Å². The lowest BCUT2D eigenvalue weighted by Crippen LogP contribution is -2.17. The molecule has 15 aromatic rings. The second-order valence-corrected chi connectivity index (χ2v) is 22.6. The van der Waals surface area contributed by atoms with Gasteiger partial charge in [-0.3, -0.25) is 0 Å². The molecule has 0 saturated heterocycles. The number of furan rings is 1. The van der Waals surface area contributed by atoms with Gasteiger partial charge in [-0.1, -0.05) is 202 Å². The average molecular weight is 1030 g/mol. The quantitative estimate of drug-likeness (QED) is 0.151. The molecule has 1 aliphatic rings. The SMILES string of the molecule is CC1(C)c2ccccc2-c2ccc(N(c3ccc(-c4ccccc4)cc3)c3cccc(N(c4ccccc4)c4c5ccccc5cc5c4oc4cc(-c6cc7c8ccccc8sc7c7ccccc67)c6ccccc6c45)c3)cc21. The zero-order chi connectivity index (χ0) is 52.3. The summed E-state index contributed by atoms with van der Waals surface area (Å²) >= 11 is 1.88. The molecule has 0 spiro atoms. The number of hydrogen-bond donors (Lipinski definition) is 0. The molecule has 2 heterocycles. The van der Waals surface area contributed by atoms with Crippen molar-refractivity contribution in [3.63, 3.8) is 0 Å². The number of hydrogen-bond acceptors (Lipinski definition) is 4. The van der Waals surface area contributed by atoms with Crippen LogP contribution in [0.2, 0.25) is 0 Å². The van der Waals surface area contributed by atoms with Crippen molar-refractivity contribution in [3.8, 4) is 33.4 Å². The van der Waals surface area contributed by atoms with E-state index in [0.717, 1.165) is 77.8 Å². The molecule has 0 amide bonds. The van der Waals surface area contributed by atoms with Crippen molar-refractivity contribution in [2.24, 2.45) is 0 Å². The molecule has 372 valence electrons. The van der Waals surface area contributed by atoms with Crippen LogP contribution in [0.3, 0.4) is 0 Å². The van der Waals surface area contributed by atoms with Crippen LogP contribution in [-0.2, 0) is 5.41 Å². The van der Waals surface area contributed by atoms with Crippen molar-refractivity contribution in [3.05, 3.63) is 278 Å². The van der Waals surface area contributed by atoms with E-state index in [4.69, 9.17) is 4.42 Å². The lowest BCUT2D eigenvalue weighted by molar-refractivity contribution is 0.660. The Bertz CT molecular complexity index is 4940. The van der Waals surface area contributed by atoms with Gasteiger partial charge in [0.15, 0.2) is 5.58 Å². The van der Waals surface area contributed by atoms with Gasteiger partial charge >= 0.3 is 0 Å². The van der Waals surface area contributed by atoms with Crippen LogP contribution in [0.25, 0.3) is 108 Å². The largest absolute Gasteiger partial charge is 0.454 e. The maximum Gasteiger partial charge on any atom is 0.160 e. The lowest BCUT2D eigenvalue weighted by atomic mass is 9.82. The van der Waals surface area contributed by atoms with Gasteiger partial charge in [-0.2, -0.15) is 0 Å². The molecule has 0 N–H and O–H groups in total. The Hall–Kier alpha value is -9.74. The maximum absolute atomic E-state index is 7.54. The average Bonchev–Trinajstić information content (AvgIpc) is 4.38. The minimum Gasteiger partial charge on any atom is -0.454 e. The second kappa shape index (κ2) is 17.7. The summed E-state index contributed by atoms with van der Waals surface area (Å²) in [5, 5.41) is 11.9. The molecule has 2 aromatic heterocycles. The highest BCUT2D eigenvalue weighted by molar-refractivity contribution is 7.26. The summed E-state index contributed by atoms with van der Waals surface area (Å²) < 4.78 is 10.2. The fourth-order valence-electron chi connectivity index (χ4n) is 13.1. The van der Waals surface area contributed by atoms with Gasteiger partial charge in [0.25, 0.3) is 0 Å². The molecular weight excluding hydrogens is 977 g/mol. The van der Waals surface area contributed by atoms with Crippen molar-refractivity contribution >= 4 is 120 Å². The molecule has 1 aliphatic carbocycles. The number of benzene rings is 13. The van der Waals surface area contributed by atoms with E-state index < -0.39 is 0 Å². The van der Waals surface area contributed by atoms with Crippen molar-refractivity contribution in [2.45, 2.75) is 19.3 Å². The predicted octanol–water partition coefficient (Wildman–Crippen LogP) is 22.0. The van der Waals surface area contributed by atoms with Crippen LogP contribution < -0.4 is 9.80 Å². The minimum atomic E-state index is -0.171. The fourth-order valence-corrected chi connectivity index (χ4v) is 14.3. The molecule has 0 bridgehead atoms. The third-order valence-corrected chi connectivity index (χ3v) is 18.0. The Kier molecular flexibility index (Phi) is 10.2. The monoisotopic (exact) mass is 1030 g/mol. The van der Waals surface area contributed by atoms with Gasteiger partial charge in [0, 0.05) is 75.6 Å². The number of thiophene rings is 1. The molecule has 16 rings (SSSR count). The second-order valence-electron chi connectivity index (χ2n) is 21.6. The predicted molar refractivity (Wildman–Crippen MR) is 337 cm³/mol. The van der Waals surface area contributed by atoms with Crippen LogP contribution in [0.1, 0.15) is 25.0 Å². The van der Waals surface area contributed by atoms with E-state index in [1.54, 1.807) is 0 Å². The van der Waals surface area contributed by atoms with Crippen molar-refractivity contribution in [2.75, 3.05) is 9.80 Å². The third kappa shape index (κ3) is 7.04. The summed E-state index contributed by atoms with van der Waals surface area (Å²) in [6, 6.07) is 98.0. The summed E-state index contributed by atoms with van der Waals surface area (Å²) in [5.41, 5.74) is 17.8. The number of anilines is 6. The normalized spacial score (nSPS) is 12.8. The molecular formula is C75H50N2OS. The Balaban J connectivity index is 0.925. The number of para-hydroxylation sites is 1. The van der Waals surface area contributed by atoms with Crippen molar-refractivity contribution < 1.29 is 4.42 Å². The van der Waals surface area contributed by atoms with E-state index >= 15 is 0 Å². The summed E-state index contributed by atoms with van der Waals surface area (Å²) in [5.74, 6) is 0. The third-order valence-electron chi connectivity index (χ3n) is 16.8. The van der Waals surface area contributed by atoms with Crippen LogP contribution >= 0.6 is 11.3 Å². The van der Waals surface area contributed by atoms with Crippen LogP contribution in [0, 0.1) is 0 Å². The standard InChI is InChI=1S/C75H50N2OS/c1-75(2)67-34-17-15-30-58(67)59-41-40-54(44-68(59)75)76(51-38-36-48(37-39-51)47-20-5-3-6-21-47)52-25-19-26-53(43-52)77(50-23-7-4-8-24-50)72-55-27-10-9-22-49(55)42-66-71-61-32-13-11-28-56(61)64(46-69(71)78-73(66)72)63-45-65-60-31-16-18-35-70(60)79-74(65)62-33-14-12-29-57(62)63/h3-46H,1-2H3. The highest BCUT2D eigenvalue weighted by Crippen LogP contribution is 2.53. The molecule has 0 radical (unpaired) electrons. The van der Waals surface area contributed by atoms with Gasteiger partial charge in [-0.05, 0) is 145 Å². The van der Waals surface area contributed by atoms with Crippen molar-refractivity contribution in [1.29, 1.82) is 0 Å². The van der Waals surface area contributed by atoms with Gasteiger partial charge in [0.05, 0.1) is 5.69 Å². The van der Waals surface area contributed by atoms with Crippen LogP contribution in [0.4, 0.5) is 34.1 Å². The molecule has 0 saturated carbocycles. The van der Waals surface area contributed by atoms with Crippen molar-refractivity contribution in [1.82, 2.24) is 0 Å². The van der Waals surface area contributed by atoms with E-state index in [-0.39, 0.29) is 5.41 Å².